The minimum Gasteiger partial charge on any atom is -0.369 e. The lowest BCUT2D eigenvalue weighted by Crippen LogP contribution is -2.21. The number of nitrogen functional groups attached to an aromatic ring is 1. The van der Waals surface area contributed by atoms with Crippen LogP contribution in [-0.2, 0) is 13.8 Å². The molecule has 1 saturated heterocycles. The van der Waals surface area contributed by atoms with Crippen LogP contribution in [0, 0.1) is 11.8 Å². The monoisotopic (exact) mass is 402 g/mol. The van der Waals surface area contributed by atoms with Gasteiger partial charge >= 0.3 is 8.25 Å². The molecule has 6 atom stereocenters. The molecule has 1 saturated carbocycles. The molecule has 3 N–H and O–H groups in total. The number of benzene rings is 1. The van der Waals surface area contributed by atoms with Crippen molar-refractivity contribution in [1.82, 2.24) is 19.5 Å². The molecule has 11 heteroatoms. The molecule has 3 aromatic rings. The van der Waals surface area contributed by atoms with Gasteiger partial charge in [0, 0.05) is 16.4 Å². The Hall–Kier alpha value is -2.81. The molecule has 1 aromatic carbocycles. The molecule has 3 heterocycles. The van der Waals surface area contributed by atoms with Crippen LogP contribution in [0.15, 0.2) is 41.5 Å². The molecule has 28 heavy (non-hydrogen) atoms. The zero-order valence-electron chi connectivity index (χ0n) is 14.8. The highest BCUT2D eigenvalue weighted by atomic mass is 31.1. The third-order valence-electron chi connectivity index (χ3n) is 5.15. The van der Waals surface area contributed by atoms with Gasteiger partial charge in [-0.15, -0.1) is 4.52 Å². The molecule has 144 valence electrons. The first-order valence-electron chi connectivity index (χ1n) is 8.78. The van der Waals surface area contributed by atoms with Crippen molar-refractivity contribution in [2.24, 2.45) is 11.8 Å². The fourth-order valence-corrected chi connectivity index (χ4v) is 4.58. The summed E-state index contributed by atoms with van der Waals surface area (Å²) in [6.45, 7) is 2.01. The summed E-state index contributed by atoms with van der Waals surface area (Å²) in [4.78, 5) is 22.7. The van der Waals surface area contributed by atoms with Crippen molar-refractivity contribution in [2.75, 3.05) is 5.73 Å². The summed E-state index contributed by atoms with van der Waals surface area (Å²) in [5, 5.41) is 0. The zero-order chi connectivity index (χ0) is 19.4. The van der Waals surface area contributed by atoms with Crippen molar-refractivity contribution < 1.29 is 18.3 Å². The van der Waals surface area contributed by atoms with Crippen molar-refractivity contribution in [2.45, 2.75) is 25.4 Å². The van der Waals surface area contributed by atoms with Crippen LogP contribution in [0.5, 0.6) is 5.75 Å². The molecule has 2 fully saturated rings. The minimum absolute atomic E-state index is 0.0197. The fourth-order valence-electron chi connectivity index (χ4n) is 3.79. The molecule has 0 radical (unpaired) electrons. The van der Waals surface area contributed by atoms with Crippen molar-refractivity contribution in [3.8, 4) is 5.75 Å². The van der Waals surface area contributed by atoms with Crippen molar-refractivity contribution in [3.05, 3.63) is 47.0 Å². The van der Waals surface area contributed by atoms with E-state index in [1.54, 1.807) is 28.8 Å². The van der Waals surface area contributed by atoms with Gasteiger partial charge in [0.25, 0.3) is 5.56 Å². The number of ether oxygens (including phenoxy) is 1. The maximum atomic E-state index is 12.1. The molecule has 1 aliphatic heterocycles. The van der Waals surface area contributed by atoms with E-state index < -0.39 is 13.8 Å². The molecule has 10 nitrogen and oxygen atoms in total. The average molecular weight is 402 g/mol. The number of nitrogens with two attached hydrogens (primary N) is 1. The van der Waals surface area contributed by atoms with Gasteiger partial charge < -0.3 is 10.5 Å². The van der Waals surface area contributed by atoms with Crippen LogP contribution in [0.3, 0.4) is 0 Å². The third-order valence-corrected chi connectivity index (χ3v) is 5.93. The zero-order valence-corrected chi connectivity index (χ0v) is 15.7. The number of H-pyrrole nitrogens is 1. The van der Waals surface area contributed by atoms with Gasteiger partial charge in [0.05, 0.1) is 12.4 Å². The number of aromatic amines is 1. The van der Waals surface area contributed by atoms with Crippen LogP contribution in [0.25, 0.3) is 11.2 Å². The van der Waals surface area contributed by atoms with Crippen LogP contribution in [-0.4, -0.2) is 31.7 Å². The second-order valence-electron chi connectivity index (χ2n) is 6.90. The number of fused-ring (bicyclic) bond motifs is 2. The minimum atomic E-state index is -2.30. The Bertz CT molecular complexity index is 1120. The van der Waals surface area contributed by atoms with E-state index in [1.807, 2.05) is 13.0 Å². The van der Waals surface area contributed by atoms with Gasteiger partial charge in [-0.1, -0.05) is 25.1 Å². The predicted octanol–water partition coefficient (Wildman–Crippen LogP) is 1.99. The number of rotatable bonds is 5. The molecular weight excluding hydrogens is 385 g/mol. The van der Waals surface area contributed by atoms with E-state index in [1.165, 1.54) is 6.33 Å². The normalized spacial score (nSPS) is 28.9. The molecule has 2 aromatic heterocycles. The summed E-state index contributed by atoms with van der Waals surface area (Å²) in [7, 11) is -2.30. The maximum Gasteiger partial charge on any atom is 0.750 e. The molecular formula is C17H17N5O5P+. The Morgan fingerprint density at radius 3 is 2.82 bits per heavy atom. The van der Waals surface area contributed by atoms with Crippen molar-refractivity contribution >= 4 is 25.4 Å². The SMILES string of the molecule is C[C@H]1C2C(O[P+](=O)Oc3ccccc3)[C@H]2O[C@H]1n1cnc2c(=O)[nH]c(N)nc21. The molecule has 5 rings (SSSR count). The van der Waals surface area contributed by atoms with E-state index in [0.29, 0.717) is 11.4 Å². The summed E-state index contributed by atoms with van der Waals surface area (Å²) in [6.07, 6.45) is 0.666. The summed E-state index contributed by atoms with van der Waals surface area (Å²) in [6, 6.07) is 8.86. The second-order valence-corrected chi connectivity index (χ2v) is 7.74. The second kappa shape index (κ2) is 6.37. The number of anilines is 1. The van der Waals surface area contributed by atoms with Crippen LogP contribution in [0.4, 0.5) is 5.95 Å². The molecule has 3 unspecified atom stereocenters. The molecule has 2 aliphatic rings. The average Bonchev–Trinajstić information content (AvgIpc) is 2.97. The van der Waals surface area contributed by atoms with Crippen LogP contribution < -0.4 is 15.8 Å². The highest BCUT2D eigenvalue weighted by molar-refractivity contribution is 7.33. The maximum absolute atomic E-state index is 12.1. The van der Waals surface area contributed by atoms with Gasteiger partial charge in [0.2, 0.25) is 5.95 Å². The van der Waals surface area contributed by atoms with E-state index in [4.69, 9.17) is 19.5 Å². The standard InChI is InChI=1S/C17H16N5O5P/c1-8-10-12(13(10)27-28(24)26-9-5-3-2-4-6-9)25-16(8)22-7-19-11-14(22)20-17(18)21-15(11)23/h2-8,10,12-13,16H,1H3,(H2-,18,20,21,23)/p+1/t8-,10?,12-,13?,16+/m0/s1. The largest absolute Gasteiger partial charge is 0.750 e. The van der Waals surface area contributed by atoms with Gasteiger partial charge in [0.1, 0.15) is 12.3 Å². The van der Waals surface area contributed by atoms with E-state index in [0.717, 1.165) is 0 Å². The predicted molar refractivity (Wildman–Crippen MR) is 98.7 cm³/mol. The first-order valence-corrected chi connectivity index (χ1v) is 9.87. The highest BCUT2D eigenvalue weighted by Crippen LogP contribution is 2.57. The van der Waals surface area contributed by atoms with Crippen LogP contribution >= 0.6 is 8.25 Å². The van der Waals surface area contributed by atoms with E-state index >= 15 is 0 Å². The van der Waals surface area contributed by atoms with E-state index in [2.05, 4.69) is 15.0 Å². The van der Waals surface area contributed by atoms with Crippen LogP contribution in [0.1, 0.15) is 13.2 Å². The van der Waals surface area contributed by atoms with Gasteiger partial charge in [-0.3, -0.25) is 14.3 Å². The lowest BCUT2D eigenvalue weighted by Gasteiger charge is -2.20. The molecule has 0 spiro atoms. The van der Waals surface area contributed by atoms with E-state index in [-0.39, 0.29) is 41.7 Å². The first kappa shape index (κ1) is 17.3. The fraction of sp³-hybridized carbons (Fsp3) is 0.353. The summed E-state index contributed by atoms with van der Waals surface area (Å²) in [5.41, 5.74) is 5.83. The molecule has 1 aliphatic carbocycles. The Kier molecular flexibility index (Phi) is 3.94. The van der Waals surface area contributed by atoms with Gasteiger partial charge in [-0.25, -0.2) is 9.51 Å². The van der Waals surface area contributed by atoms with Crippen molar-refractivity contribution in [1.29, 1.82) is 0 Å². The topological polar surface area (TPSA) is 134 Å². The number of nitrogens with one attached hydrogen (secondary N) is 1. The first-order chi connectivity index (χ1) is 13.5. The van der Waals surface area contributed by atoms with Crippen LogP contribution in [0.2, 0.25) is 0 Å². The molecule has 0 amide bonds. The lowest BCUT2D eigenvalue weighted by molar-refractivity contribution is -0.0241. The Balaban J connectivity index is 1.28. The number of para-hydroxylation sites is 1. The summed E-state index contributed by atoms with van der Waals surface area (Å²) < 4.78 is 30.7. The number of aromatic nitrogens is 4. The van der Waals surface area contributed by atoms with E-state index in [9.17, 15) is 9.36 Å². The summed E-state index contributed by atoms with van der Waals surface area (Å²) in [5.74, 6) is 0.612. The molecule has 0 bridgehead atoms. The third kappa shape index (κ3) is 2.77. The number of hydrogen-bond acceptors (Lipinski definition) is 8. The number of hydrogen-bond donors (Lipinski definition) is 2. The Labute approximate surface area is 159 Å². The van der Waals surface area contributed by atoms with Gasteiger partial charge in [-0.2, -0.15) is 4.98 Å². The smallest absolute Gasteiger partial charge is 0.369 e. The lowest BCUT2D eigenvalue weighted by atomic mass is 10.1. The van der Waals surface area contributed by atoms with Gasteiger partial charge in [0.15, 0.2) is 16.9 Å². The summed E-state index contributed by atoms with van der Waals surface area (Å²) >= 11 is 0. The number of nitrogens with zero attached hydrogens (tertiary/aromatic N) is 3. The van der Waals surface area contributed by atoms with Gasteiger partial charge in [-0.05, 0) is 12.1 Å². The van der Waals surface area contributed by atoms with Crippen molar-refractivity contribution in [3.63, 3.8) is 0 Å². The highest BCUT2D eigenvalue weighted by Gasteiger charge is 2.67. The Morgan fingerprint density at radius 1 is 1.32 bits per heavy atom. The Morgan fingerprint density at radius 2 is 2.11 bits per heavy atom. The number of imidazole rings is 1. The quantitative estimate of drug-likeness (QED) is 0.619.